The van der Waals surface area contributed by atoms with Gasteiger partial charge in [0, 0.05) is 23.3 Å². The van der Waals surface area contributed by atoms with Gasteiger partial charge in [-0.25, -0.2) is 0 Å². The first-order valence-electron chi connectivity index (χ1n) is 6.81. The molecule has 0 atom stereocenters. The second kappa shape index (κ2) is 4.96. The molecular weight excluding hydrogens is 300 g/mol. The third kappa shape index (κ3) is 2.06. The highest BCUT2D eigenvalue weighted by molar-refractivity contribution is 7.14. The fourth-order valence-electron chi connectivity index (χ4n) is 2.77. The van der Waals surface area contributed by atoms with Gasteiger partial charge in [-0.05, 0) is 40.8 Å². The number of hydrogen-bond donors (Lipinski definition) is 0. The molecule has 108 valence electrons. The van der Waals surface area contributed by atoms with E-state index >= 15 is 0 Å². The predicted octanol–water partition coefficient (Wildman–Crippen LogP) is 2.67. The molecule has 4 rings (SSSR count). The second-order valence-corrected chi connectivity index (χ2v) is 5.90. The normalized spacial score (nSPS) is 15.4. The van der Waals surface area contributed by atoms with Gasteiger partial charge < -0.3 is 0 Å². The van der Waals surface area contributed by atoms with E-state index in [1.54, 1.807) is 17.6 Å². The summed E-state index contributed by atoms with van der Waals surface area (Å²) in [5.41, 5.74) is 6.08. The van der Waals surface area contributed by atoms with E-state index in [0.717, 1.165) is 34.6 Å². The van der Waals surface area contributed by atoms with Crippen molar-refractivity contribution in [3.05, 3.63) is 62.9 Å². The lowest BCUT2D eigenvalue weighted by atomic mass is 10.1. The van der Waals surface area contributed by atoms with Crippen molar-refractivity contribution in [1.82, 2.24) is 10.1 Å². The van der Waals surface area contributed by atoms with Crippen LogP contribution < -0.4 is 4.52 Å². The molecule has 0 bridgehead atoms. The highest BCUT2D eigenvalue weighted by atomic mass is 32.1. The molecule has 0 saturated carbocycles. The van der Waals surface area contributed by atoms with E-state index in [0.29, 0.717) is 0 Å². The SMILES string of the molecule is O=[N+]([O-])c1cccc(/C=C2\CCc3cnc4scn[n+]4c32)c1. The van der Waals surface area contributed by atoms with Crippen molar-refractivity contribution in [1.29, 1.82) is 0 Å². The van der Waals surface area contributed by atoms with Gasteiger partial charge in [0.05, 0.1) is 4.92 Å². The molecule has 0 N–H and O–H groups in total. The van der Waals surface area contributed by atoms with E-state index in [4.69, 9.17) is 0 Å². The number of non-ortho nitro benzene ring substituents is 1. The standard InChI is InChI=1S/C15H11N4O2S/c20-19(21)13-3-1-2-10(7-13)6-11-4-5-12-8-16-15-18(14(11)12)17-9-22-15/h1-3,6-9H,4-5H2/q+1/b11-6+. The quantitative estimate of drug-likeness (QED) is 0.414. The van der Waals surface area contributed by atoms with Crippen LogP contribution in [0.15, 0.2) is 36.0 Å². The van der Waals surface area contributed by atoms with Crippen LogP contribution in [-0.2, 0) is 6.42 Å². The van der Waals surface area contributed by atoms with Gasteiger partial charge in [-0.3, -0.25) is 10.1 Å². The number of nitro benzene ring substituents is 1. The van der Waals surface area contributed by atoms with Gasteiger partial charge in [0.2, 0.25) is 0 Å². The van der Waals surface area contributed by atoms with Gasteiger partial charge >= 0.3 is 4.96 Å². The molecule has 7 heteroatoms. The Morgan fingerprint density at radius 3 is 3.14 bits per heavy atom. The summed E-state index contributed by atoms with van der Waals surface area (Å²) in [4.78, 5) is 15.8. The fraction of sp³-hybridized carbons (Fsp3) is 0.133. The Balaban J connectivity index is 1.84. The monoisotopic (exact) mass is 311 g/mol. The van der Waals surface area contributed by atoms with Crippen LogP contribution in [0.5, 0.6) is 0 Å². The van der Waals surface area contributed by atoms with Crippen LogP contribution in [0.3, 0.4) is 0 Å². The van der Waals surface area contributed by atoms with Crippen molar-refractivity contribution in [2.45, 2.75) is 12.8 Å². The summed E-state index contributed by atoms with van der Waals surface area (Å²) < 4.78 is 1.86. The Labute approximate surface area is 129 Å². The van der Waals surface area contributed by atoms with E-state index in [-0.39, 0.29) is 10.6 Å². The minimum Gasteiger partial charge on any atom is -0.258 e. The van der Waals surface area contributed by atoms with E-state index < -0.39 is 0 Å². The summed E-state index contributed by atoms with van der Waals surface area (Å²) in [5, 5.41) is 15.2. The Morgan fingerprint density at radius 2 is 2.27 bits per heavy atom. The lowest BCUT2D eigenvalue weighted by molar-refractivity contribution is -0.580. The number of aryl methyl sites for hydroxylation is 1. The molecule has 1 aliphatic rings. The van der Waals surface area contributed by atoms with Crippen molar-refractivity contribution in [3.63, 3.8) is 0 Å². The van der Waals surface area contributed by atoms with Crippen molar-refractivity contribution in [2.75, 3.05) is 0 Å². The number of hydrogen-bond acceptors (Lipinski definition) is 5. The first-order valence-corrected chi connectivity index (χ1v) is 7.69. The van der Waals surface area contributed by atoms with Crippen LogP contribution in [0.2, 0.25) is 0 Å². The predicted molar refractivity (Wildman–Crippen MR) is 82.4 cm³/mol. The molecule has 0 saturated heterocycles. The smallest absolute Gasteiger partial charge is 0.258 e. The first-order chi connectivity index (χ1) is 10.7. The van der Waals surface area contributed by atoms with Gasteiger partial charge in [-0.1, -0.05) is 21.7 Å². The number of nitro groups is 1. The average Bonchev–Trinajstić information content (AvgIpc) is 3.13. The van der Waals surface area contributed by atoms with Crippen LogP contribution in [-0.4, -0.2) is 15.0 Å². The zero-order valence-electron chi connectivity index (χ0n) is 11.5. The Morgan fingerprint density at radius 1 is 1.36 bits per heavy atom. The summed E-state index contributed by atoms with van der Waals surface area (Å²) >= 11 is 1.49. The molecule has 6 nitrogen and oxygen atoms in total. The molecule has 3 aromatic rings. The molecule has 0 radical (unpaired) electrons. The zero-order chi connectivity index (χ0) is 15.1. The van der Waals surface area contributed by atoms with E-state index in [1.165, 1.54) is 23.0 Å². The third-order valence-electron chi connectivity index (χ3n) is 3.74. The first kappa shape index (κ1) is 13.0. The van der Waals surface area contributed by atoms with E-state index in [1.807, 2.05) is 22.9 Å². The molecule has 1 aromatic carbocycles. The molecular formula is C15H11N4O2S+. The molecule has 0 unspecified atom stereocenters. The number of rotatable bonds is 2. The summed E-state index contributed by atoms with van der Waals surface area (Å²) in [7, 11) is 0. The minimum atomic E-state index is -0.373. The molecule has 22 heavy (non-hydrogen) atoms. The van der Waals surface area contributed by atoms with E-state index in [9.17, 15) is 10.1 Å². The zero-order valence-corrected chi connectivity index (χ0v) is 12.3. The lowest BCUT2D eigenvalue weighted by Crippen LogP contribution is -2.29. The highest BCUT2D eigenvalue weighted by Gasteiger charge is 2.27. The molecule has 2 aromatic heterocycles. The molecule has 0 amide bonds. The lowest BCUT2D eigenvalue weighted by Gasteiger charge is -1.99. The fourth-order valence-corrected chi connectivity index (χ4v) is 3.36. The Kier molecular flexibility index (Phi) is 2.93. The van der Waals surface area contributed by atoms with Crippen LogP contribution in [0, 0.1) is 10.1 Å². The number of nitrogens with zero attached hydrogens (tertiary/aromatic N) is 4. The van der Waals surface area contributed by atoms with Crippen molar-refractivity contribution in [2.24, 2.45) is 0 Å². The topological polar surface area (TPSA) is 73.0 Å². The highest BCUT2D eigenvalue weighted by Crippen LogP contribution is 2.31. The number of benzene rings is 1. The Hall–Kier alpha value is -2.67. The van der Waals surface area contributed by atoms with Crippen LogP contribution in [0.1, 0.15) is 23.2 Å². The van der Waals surface area contributed by atoms with Gasteiger partial charge in [0.15, 0.2) is 5.69 Å². The molecule has 0 fully saturated rings. The summed E-state index contributed by atoms with van der Waals surface area (Å²) in [6, 6.07) is 6.68. The maximum atomic E-state index is 10.9. The average molecular weight is 311 g/mol. The van der Waals surface area contributed by atoms with E-state index in [2.05, 4.69) is 10.1 Å². The van der Waals surface area contributed by atoms with Crippen LogP contribution >= 0.6 is 11.3 Å². The summed E-state index contributed by atoms with van der Waals surface area (Å²) in [6.07, 6.45) is 5.72. The maximum absolute atomic E-state index is 10.9. The largest absolute Gasteiger partial charge is 0.409 e. The van der Waals surface area contributed by atoms with Crippen molar-refractivity contribution < 1.29 is 9.44 Å². The van der Waals surface area contributed by atoms with Crippen LogP contribution in [0.4, 0.5) is 5.69 Å². The molecule has 2 heterocycles. The summed E-state index contributed by atoms with van der Waals surface area (Å²) in [6.45, 7) is 0. The third-order valence-corrected chi connectivity index (χ3v) is 4.43. The number of fused-ring (bicyclic) bond motifs is 3. The van der Waals surface area contributed by atoms with Crippen LogP contribution in [0.25, 0.3) is 16.6 Å². The Bertz CT molecular complexity index is 932. The molecule has 1 aliphatic carbocycles. The van der Waals surface area contributed by atoms with Gasteiger partial charge in [-0.2, -0.15) is 0 Å². The minimum absolute atomic E-state index is 0.105. The second-order valence-electron chi connectivity index (χ2n) is 5.09. The maximum Gasteiger partial charge on any atom is 0.409 e. The number of aromatic nitrogens is 3. The number of allylic oxidation sites excluding steroid dienone is 1. The van der Waals surface area contributed by atoms with Gasteiger partial charge in [0.25, 0.3) is 5.69 Å². The van der Waals surface area contributed by atoms with Gasteiger partial charge in [0.1, 0.15) is 11.7 Å². The van der Waals surface area contributed by atoms with Crippen molar-refractivity contribution >= 4 is 33.6 Å². The summed E-state index contributed by atoms with van der Waals surface area (Å²) in [5.74, 6) is 0. The molecule has 0 aliphatic heterocycles. The molecule has 0 spiro atoms. The van der Waals surface area contributed by atoms with Crippen molar-refractivity contribution in [3.8, 4) is 0 Å². The van der Waals surface area contributed by atoms with Gasteiger partial charge in [-0.15, -0.1) is 0 Å².